The smallest absolute Gasteiger partial charge is 0.260 e. The number of benzene rings is 1. The molecule has 7 nitrogen and oxygen atoms in total. The molecule has 0 radical (unpaired) electrons. The molecule has 1 unspecified atom stereocenters. The van der Waals surface area contributed by atoms with Gasteiger partial charge in [0.15, 0.2) is 6.61 Å². The third-order valence-electron chi connectivity index (χ3n) is 5.23. The Hall–Kier alpha value is -2.64. The number of aromatic nitrogens is 1. The summed E-state index contributed by atoms with van der Waals surface area (Å²) in [7, 11) is 0. The molecule has 0 saturated carbocycles. The third kappa shape index (κ3) is 4.79. The summed E-state index contributed by atoms with van der Waals surface area (Å²) in [5, 5.41) is 3.37. The summed E-state index contributed by atoms with van der Waals surface area (Å²) in [6.45, 7) is 5.88. The van der Waals surface area contributed by atoms with E-state index in [1.54, 1.807) is 24.4 Å². The molecule has 2 aromatic rings. The lowest BCUT2D eigenvalue weighted by atomic mass is 10.2. The van der Waals surface area contributed by atoms with Gasteiger partial charge in [0.1, 0.15) is 11.5 Å². The number of carbonyl (C=O) groups excluding carboxylic acids is 1. The second kappa shape index (κ2) is 9.03. The van der Waals surface area contributed by atoms with E-state index in [0.29, 0.717) is 23.4 Å². The van der Waals surface area contributed by atoms with Crippen LogP contribution < -0.4 is 14.8 Å². The molecule has 2 aliphatic heterocycles. The Morgan fingerprint density at radius 2 is 1.86 bits per heavy atom. The lowest BCUT2D eigenvalue weighted by Gasteiger charge is -2.32. The van der Waals surface area contributed by atoms with Crippen molar-refractivity contribution < 1.29 is 14.3 Å². The molecule has 2 fully saturated rings. The van der Waals surface area contributed by atoms with Crippen molar-refractivity contribution in [2.24, 2.45) is 0 Å². The predicted molar refractivity (Wildman–Crippen MR) is 106 cm³/mol. The van der Waals surface area contributed by atoms with E-state index in [4.69, 9.17) is 9.47 Å². The van der Waals surface area contributed by atoms with Crippen LogP contribution in [0.25, 0.3) is 0 Å². The quantitative estimate of drug-likeness (QED) is 0.821. The van der Waals surface area contributed by atoms with E-state index in [1.165, 1.54) is 0 Å². The highest BCUT2D eigenvalue weighted by molar-refractivity contribution is 5.78. The molecule has 148 valence electrons. The maximum Gasteiger partial charge on any atom is 0.260 e. The van der Waals surface area contributed by atoms with Gasteiger partial charge < -0.3 is 19.7 Å². The summed E-state index contributed by atoms with van der Waals surface area (Å²) in [4.78, 5) is 21.0. The fourth-order valence-electron chi connectivity index (χ4n) is 3.68. The highest BCUT2D eigenvalue weighted by Gasteiger charge is 2.30. The SMILES string of the molecule is O=C(COc1ccc(Oc2ccccn2)cc1)N1CCC(N2CCNCC2)C1. The van der Waals surface area contributed by atoms with Gasteiger partial charge in [-0.05, 0) is 36.8 Å². The first-order valence-electron chi connectivity index (χ1n) is 9.82. The minimum Gasteiger partial charge on any atom is -0.484 e. The first-order valence-corrected chi connectivity index (χ1v) is 9.82. The van der Waals surface area contributed by atoms with Gasteiger partial charge in [-0.3, -0.25) is 9.69 Å². The molecule has 7 heteroatoms. The minimum atomic E-state index is 0.0476. The van der Waals surface area contributed by atoms with Crippen molar-refractivity contribution in [1.82, 2.24) is 20.1 Å². The van der Waals surface area contributed by atoms with Crippen LogP contribution in [0.3, 0.4) is 0 Å². The van der Waals surface area contributed by atoms with Crippen molar-refractivity contribution in [3.05, 3.63) is 48.7 Å². The number of nitrogens with zero attached hydrogens (tertiary/aromatic N) is 3. The van der Waals surface area contributed by atoms with E-state index in [1.807, 2.05) is 29.2 Å². The van der Waals surface area contributed by atoms with Gasteiger partial charge in [-0.1, -0.05) is 6.07 Å². The highest BCUT2D eigenvalue weighted by atomic mass is 16.5. The van der Waals surface area contributed by atoms with Gasteiger partial charge in [0, 0.05) is 57.6 Å². The maximum absolute atomic E-state index is 12.5. The second-order valence-corrected chi connectivity index (χ2v) is 7.10. The third-order valence-corrected chi connectivity index (χ3v) is 5.23. The van der Waals surface area contributed by atoms with Crippen LogP contribution in [-0.2, 0) is 4.79 Å². The summed E-state index contributed by atoms with van der Waals surface area (Å²) >= 11 is 0. The number of carbonyl (C=O) groups is 1. The second-order valence-electron chi connectivity index (χ2n) is 7.10. The molecular formula is C21H26N4O3. The van der Waals surface area contributed by atoms with Crippen LogP contribution >= 0.6 is 0 Å². The molecule has 2 saturated heterocycles. The average Bonchev–Trinajstić information content (AvgIpc) is 3.25. The average molecular weight is 382 g/mol. The van der Waals surface area contributed by atoms with Gasteiger partial charge in [0.25, 0.3) is 5.91 Å². The number of hydrogen-bond donors (Lipinski definition) is 1. The van der Waals surface area contributed by atoms with Crippen LogP contribution in [-0.4, -0.2) is 72.6 Å². The van der Waals surface area contributed by atoms with Gasteiger partial charge in [-0.2, -0.15) is 0 Å². The Morgan fingerprint density at radius 1 is 1.07 bits per heavy atom. The molecular weight excluding hydrogens is 356 g/mol. The van der Waals surface area contributed by atoms with Crippen molar-refractivity contribution in [3.8, 4) is 17.4 Å². The number of rotatable bonds is 6. The number of nitrogens with one attached hydrogen (secondary N) is 1. The fraction of sp³-hybridized carbons (Fsp3) is 0.429. The van der Waals surface area contributed by atoms with E-state index < -0.39 is 0 Å². The van der Waals surface area contributed by atoms with E-state index in [-0.39, 0.29) is 12.5 Å². The number of likely N-dealkylation sites (tertiary alicyclic amines) is 1. The van der Waals surface area contributed by atoms with Crippen molar-refractivity contribution >= 4 is 5.91 Å². The minimum absolute atomic E-state index is 0.0476. The van der Waals surface area contributed by atoms with Crippen LogP contribution in [0.15, 0.2) is 48.7 Å². The molecule has 1 amide bonds. The number of pyridine rings is 1. The van der Waals surface area contributed by atoms with E-state index in [9.17, 15) is 4.79 Å². The van der Waals surface area contributed by atoms with Crippen LogP contribution in [0.1, 0.15) is 6.42 Å². The molecule has 0 bridgehead atoms. The lowest BCUT2D eigenvalue weighted by molar-refractivity contribution is -0.132. The summed E-state index contributed by atoms with van der Waals surface area (Å²) in [6.07, 6.45) is 2.73. The number of piperazine rings is 1. The van der Waals surface area contributed by atoms with E-state index >= 15 is 0 Å². The van der Waals surface area contributed by atoms with Crippen LogP contribution in [0.4, 0.5) is 0 Å². The Morgan fingerprint density at radius 3 is 2.61 bits per heavy atom. The summed E-state index contributed by atoms with van der Waals surface area (Å²) < 4.78 is 11.3. The van der Waals surface area contributed by atoms with Gasteiger partial charge in [0.2, 0.25) is 5.88 Å². The van der Waals surface area contributed by atoms with Crippen molar-refractivity contribution in [2.45, 2.75) is 12.5 Å². The standard InChI is InChI=1S/C21H26N4O3/c26-21(25-12-8-17(15-25)24-13-10-22-11-14-24)16-27-18-4-6-19(7-5-18)28-20-3-1-2-9-23-20/h1-7,9,17,22H,8,10-16H2. The zero-order valence-electron chi connectivity index (χ0n) is 15.9. The zero-order chi connectivity index (χ0) is 19.2. The monoisotopic (exact) mass is 382 g/mol. The molecule has 2 aliphatic rings. The first kappa shape index (κ1) is 18.7. The van der Waals surface area contributed by atoms with E-state index in [0.717, 1.165) is 45.7 Å². The van der Waals surface area contributed by atoms with Gasteiger partial charge in [-0.15, -0.1) is 0 Å². The molecule has 28 heavy (non-hydrogen) atoms. The summed E-state index contributed by atoms with van der Waals surface area (Å²) in [5.74, 6) is 1.92. The van der Waals surface area contributed by atoms with Gasteiger partial charge in [-0.25, -0.2) is 4.98 Å². The molecule has 4 rings (SSSR count). The van der Waals surface area contributed by atoms with Crippen molar-refractivity contribution in [3.63, 3.8) is 0 Å². The van der Waals surface area contributed by atoms with Gasteiger partial charge >= 0.3 is 0 Å². The Labute approximate surface area is 165 Å². The topological polar surface area (TPSA) is 66.9 Å². The maximum atomic E-state index is 12.5. The highest BCUT2D eigenvalue weighted by Crippen LogP contribution is 2.22. The number of ether oxygens (including phenoxy) is 2. The number of amides is 1. The number of hydrogen-bond acceptors (Lipinski definition) is 6. The molecule has 0 aliphatic carbocycles. The lowest BCUT2D eigenvalue weighted by Crippen LogP contribution is -2.49. The molecule has 1 aromatic carbocycles. The van der Waals surface area contributed by atoms with Gasteiger partial charge in [0.05, 0.1) is 0 Å². The van der Waals surface area contributed by atoms with E-state index in [2.05, 4.69) is 15.2 Å². The Bertz CT molecular complexity index is 763. The predicted octanol–water partition coefficient (Wildman–Crippen LogP) is 1.76. The molecule has 1 N–H and O–H groups in total. The largest absolute Gasteiger partial charge is 0.484 e. The Kier molecular flexibility index (Phi) is 6.04. The normalized spacial score (nSPS) is 20.1. The Balaban J connectivity index is 1.23. The molecule has 0 spiro atoms. The summed E-state index contributed by atoms with van der Waals surface area (Å²) in [5.41, 5.74) is 0. The molecule has 1 atom stereocenters. The molecule has 1 aromatic heterocycles. The van der Waals surface area contributed by atoms with Crippen LogP contribution in [0.2, 0.25) is 0 Å². The van der Waals surface area contributed by atoms with Crippen molar-refractivity contribution in [2.75, 3.05) is 45.9 Å². The summed E-state index contributed by atoms with van der Waals surface area (Å²) in [6, 6.07) is 13.2. The van der Waals surface area contributed by atoms with Crippen LogP contribution in [0.5, 0.6) is 17.4 Å². The zero-order valence-corrected chi connectivity index (χ0v) is 15.9. The fourth-order valence-corrected chi connectivity index (χ4v) is 3.68. The first-order chi connectivity index (χ1) is 13.8. The molecule has 3 heterocycles. The van der Waals surface area contributed by atoms with Crippen LogP contribution in [0, 0.1) is 0 Å². The van der Waals surface area contributed by atoms with Crippen molar-refractivity contribution in [1.29, 1.82) is 0 Å².